The van der Waals surface area contributed by atoms with Gasteiger partial charge in [-0.15, -0.1) is 0 Å². The highest BCUT2D eigenvalue weighted by molar-refractivity contribution is 5.77. The van der Waals surface area contributed by atoms with Crippen LogP contribution >= 0.6 is 0 Å². The van der Waals surface area contributed by atoms with Crippen LogP contribution in [0.4, 0.5) is 0 Å². The van der Waals surface area contributed by atoms with E-state index in [9.17, 15) is 4.79 Å². The molecule has 0 aliphatic heterocycles. The van der Waals surface area contributed by atoms with Crippen molar-refractivity contribution < 1.29 is 0 Å². The summed E-state index contributed by atoms with van der Waals surface area (Å²) in [6.07, 6.45) is 4.75. The topological polar surface area (TPSA) is 50.2 Å². The lowest BCUT2D eigenvalue weighted by Crippen LogP contribution is -2.29. The van der Waals surface area contributed by atoms with Gasteiger partial charge in [-0.05, 0) is 60.4 Å². The molecule has 0 bridgehead atoms. The van der Waals surface area contributed by atoms with E-state index in [1.165, 1.54) is 5.56 Å². The highest BCUT2D eigenvalue weighted by Crippen LogP contribution is 2.48. The number of fused-ring (bicyclic) bond motifs is 5. The van der Waals surface area contributed by atoms with E-state index in [2.05, 4.69) is 43.3 Å². The van der Waals surface area contributed by atoms with Crippen LogP contribution in [0.25, 0.3) is 28.7 Å². The minimum absolute atomic E-state index is 0.0297. The second kappa shape index (κ2) is 6.06. The first kappa shape index (κ1) is 18.5. The average Bonchev–Trinajstić information content (AvgIpc) is 2.98. The standard InChI is InChI=1S/C24H27N3O/c1-8-15-10-9-11-27-17-12-16(24(5,6)7)19-14(4)18(13(2)3)23(28)26-21(19)20(17)25-22(15)27/h8-11,16H,1-2,12H2,3-7H3,(H,26,28). The fourth-order valence-corrected chi connectivity index (χ4v) is 4.60. The van der Waals surface area contributed by atoms with Crippen LogP contribution in [0, 0.1) is 12.3 Å². The Balaban J connectivity index is 2.15. The van der Waals surface area contributed by atoms with Gasteiger partial charge in [0.25, 0.3) is 5.56 Å². The van der Waals surface area contributed by atoms with Gasteiger partial charge in [0.05, 0.1) is 11.4 Å². The molecule has 1 aliphatic rings. The summed E-state index contributed by atoms with van der Waals surface area (Å²) < 4.78 is 2.15. The number of nitrogens with one attached hydrogen (secondary N) is 1. The number of aromatic amines is 1. The molecule has 1 atom stereocenters. The first-order chi connectivity index (χ1) is 13.1. The predicted octanol–water partition coefficient (Wildman–Crippen LogP) is 5.36. The van der Waals surface area contributed by atoms with E-state index < -0.39 is 0 Å². The van der Waals surface area contributed by atoms with Crippen LogP contribution in [0.5, 0.6) is 0 Å². The van der Waals surface area contributed by atoms with Crippen molar-refractivity contribution >= 4 is 17.3 Å². The zero-order valence-corrected chi connectivity index (χ0v) is 17.3. The number of aromatic nitrogens is 3. The summed E-state index contributed by atoms with van der Waals surface area (Å²) >= 11 is 0. The normalized spacial score (nSPS) is 16.0. The number of pyridine rings is 2. The molecule has 4 nitrogen and oxygen atoms in total. The van der Waals surface area contributed by atoms with Gasteiger partial charge in [0.2, 0.25) is 0 Å². The first-order valence-corrected chi connectivity index (χ1v) is 9.70. The summed E-state index contributed by atoms with van der Waals surface area (Å²) in [6, 6.07) is 4.03. The summed E-state index contributed by atoms with van der Waals surface area (Å²) in [6.45, 7) is 18.7. The Kier molecular flexibility index (Phi) is 4.00. The van der Waals surface area contributed by atoms with Crippen molar-refractivity contribution in [2.24, 2.45) is 5.41 Å². The Bertz CT molecular complexity index is 1200. The van der Waals surface area contributed by atoms with Crippen LogP contribution < -0.4 is 5.56 Å². The fraction of sp³-hybridized carbons (Fsp3) is 0.333. The van der Waals surface area contributed by atoms with Crippen LogP contribution in [0.2, 0.25) is 0 Å². The van der Waals surface area contributed by atoms with Crippen LogP contribution in [0.3, 0.4) is 0 Å². The molecular weight excluding hydrogens is 346 g/mol. The summed E-state index contributed by atoms with van der Waals surface area (Å²) in [5.74, 6) is 0.261. The lowest BCUT2D eigenvalue weighted by molar-refractivity contribution is 0.312. The van der Waals surface area contributed by atoms with Crippen molar-refractivity contribution in [1.29, 1.82) is 0 Å². The van der Waals surface area contributed by atoms with Crippen molar-refractivity contribution in [2.45, 2.75) is 47.0 Å². The molecule has 0 saturated heterocycles. The van der Waals surface area contributed by atoms with E-state index in [1.807, 2.05) is 38.3 Å². The smallest absolute Gasteiger partial charge is 0.256 e. The Morgan fingerprint density at radius 1 is 1.39 bits per heavy atom. The maximum atomic E-state index is 12.9. The van der Waals surface area contributed by atoms with Crippen LogP contribution in [-0.4, -0.2) is 14.4 Å². The zero-order valence-electron chi connectivity index (χ0n) is 17.3. The third-order valence-electron chi connectivity index (χ3n) is 5.97. The van der Waals surface area contributed by atoms with Crippen molar-refractivity contribution in [1.82, 2.24) is 14.4 Å². The monoisotopic (exact) mass is 373 g/mol. The van der Waals surface area contributed by atoms with Crippen molar-refractivity contribution in [3.63, 3.8) is 0 Å². The largest absolute Gasteiger partial charge is 0.320 e. The van der Waals surface area contributed by atoms with E-state index in [-0.39, 0.29) is 16.9 Å². The number of rotatable bonds is 2. The van der Waals surface area contributed by atoms with E-state index in [1.54, 1.807) is 0 Å². The minimum atomic E-state index is -0.0924. The molecule has 0 aromatic carbocycles. The zero-order chi connectivity index (χ0) is 20.4. The molecule has 0 saturated carbocycles. The van der Waals surface area contributed by atoms with Crippen molar-refractivity contribution in [2.75, 3.05) is 0 Å². The van der Waals surface area contributed by atoms with Gasteiger partial charge >= 0.3 is 0 Å². The predicted molar refractivity (Wildman–Crippen MR) is 117 cm³/mol. The summed E-state index contributed by atoms with van der Waals surface area (Å²) in [7, 11) is 0. The molecule has 3 heterocycles. The highest BCUT2D eigenvalue weighted by Gasteiger charge is 2.38. The summed E-state index contributed by atoms with van der Waals surface area (Å²) in [5.41, 5.74) is 8.39. The molecule has 144 valence electrons. The average molecular weight is 374 g/mol. The molecule has 4 rings (SSSR count). The maximum absolute atomic E-state index is 12.9. The lowest BCUT2D eigenvalue weighted by atomic mass is 9.69. The second-order valence-corrected chi connectivity index (χ2v) is 8.91. The third-order valence-corrected chi connectivity index (χ3v) is 5.97. The molecule has 1 N–H and O–H groups in total. The molecule has 0 spiro atoms. The maximum Gasteiger partial charge on any atom is 0.256 e. The highest BCUT2D eigenvalue weighted by atomic mass is 16.1. The Labute approximate surface area is 165 Å². The molecule has 28 heavy (non-hydrogen) atoms. The molecule has 0 amide bonds. The summed E-state index contributed by atoms with van der Waals surface area (Å²) in [4.78, 5) is 21.0. The van der Waals surface area contributed by atoms with Crippen molar-refractivity contribution in [3.8, 4) is 11.4 Å². The number of hydrogen-bond acceptors (Lipinski definition) is 2. The SMILES string of the molecule is C=Cc1cccn2c3c(nc12)-c1[nH]c(=O)c(C(=C)C)c(C)c1C(C(C)(C)C)C3. The first-order valence-electron chi connectivity index (χ1n) is 9.70. The number of imidazole rings is 1. The van der Waals surface area contributed by atoms with Gasteiger partial charge in [-0.2, -0.15) is 0 Å². The van der Waals surface area contributed by atoms with Crippen molar-refractivity contribution in [3.05, 3.63) is 69.8 Å². The van der Waals surface area contributed by atoms with Gasteiger partial charge in [0.15, 0.2) is 0 Å². The Morgan fingerprint density at radius 2 is 2.11 bits per heavy atom. The molecule has 3 aromatic rings. The Morgan fingerprint density at radius 3 is 2.71 bits per heavy atom. The molecule has 1 unspecified atom stereocenters. The number of H-pyrrole nitrogens is 1. The number of allylic oxidation sites excluding steroid dienone is 1. The van der Waals surface area contributed by atoms with Crippen LogP contribution in [0.15, 0.2) is 36.3 Å². The van der Waals surface area contributed by atoms with Gasteiger partial charge in [-0.25, -0.2) is 4.98 Å². The molecule has 4 heteroatoms. The van der Waals surface area contributed by atoms with Gasteiger partial charge in [-0.3, -0.25) is 4.79 Å². The van der Waals surface area contributed by atoms with Gasteiger partial charge in [0.1, 0.15) is 11.3 Å². The molecule has 1 aliphatic carbocycles. The molecular formula is C24H27N3O. The van der Waals surface area contributed by atoms with Gasteiger partial charge in [-0.1, -0.05) is 40.0 Å². The second-order valence-electron chi connectivity index (χ2n) is 8.91. The lowest BCUT2D eigenvalue weighted by Gasteiger charge is -2.36. The fourth-order valence-electron chi connectivity index (χ4n) is 4.60. The van der Waals surface area contributed by atoms with Crippen LogP contribution in [-0.2, 0) is 6.42 Å². The number of nitrogens with zero attached hydrogens (tertiary/aromatic N) is 2. The van der Waals surface area contributed by atoms with Crippen LogP contribution in [0.1, 0.15) is 61.6 Å². The Hall–Kier alpha value is -2.88. The van der Waals surface area contributed by atoms with Gasteiger partial charge < -0.3 is 9.38 Å². The van der Waals surface area contributed by atoms with Gasteiger partial charge in [0, 0.05) is 17.3 Å². The van der Waals surface area contributed by atoms with E-state index >= 15 is 0 Å². The minimum Gasteiger partial charge on any atom is -0.320 e. The molecule has 0 fully saturated rings. The quantitative estimate of drug-likeness (QED) is 0.657. The summed E-state index contributed by atoms with van der Waals surface area (Å²) in [5, 5.41) is 0. The van der Waals surface area contributed by atoms with E-state index in [0.29, 0.717) is 5.56 Å². The van der Waals surface area contributed by atoms with E-state index in [4.69, 9.17) is 4.98 Å². The molecule has 0 radical (unpaired) electrons. The van der Waals surface area contributed by atoms with E-state index in [0.717, 1.165) is 45.8 Å². The number of hydrogen-bond donors (Lipinski definition) is 1. The third kappa shape index (κ3) is 2.51. The molecule has 3 aromatic heterocycles.